The lowest BCUT2D eigenvalue weighted by Gasteiger charge is -2.21. The van der Waals surface area contributed by atoms with Gasteiger partial charge in [0.15, 0.2) is 5.03 Å². The highest BCUT2D eigenvalue weighted by molar-refractivity contribution is 7.89. The minimum absolute atomic E-state index is 0.190. The zero-order valence-electron chi connectivity index (χ0n) is 12.5. The molecule has 0 aliphatic heterocycles. The normalized spacial score (nSPS) is 19.1. The first-order valence-corrected chi connectivity index (χ1v) is 9.22. The Morgan fingerprint density at radius 2 is 2.05 bits per heavy atom. The van der Waals surface area contributed by atoms with Gasteiger partial charge in [0, 0.05) is 25.3 Å². The van der Waals surface area contributed by atoms with E-state index in [9.17, 15) is 8.42 Å². The van der Waals surface area contributed by atoms with Crippen LogP contribution in [0.3, 0.4) is 0 Å². The van der Waals surface area contributed by atoms with Crippen molar-refractivity contribution in [1.82, 2.24) is 14.6 Å². The zero-order valence-corrected chi connectivity index (χ0v) is 13.3. The summed E-state index contributed by atoms with van der Waals surface area (Å²) in [6.45, 7) is 4.32. The van der Waals surface area contributed by atoms with E-state index in [1.807, 2.05) is 13.0 Å². The lowest BCUT2D eigenvalue weighted by atomic mass is 10.3. The molecule has 1 N–H and O–H groups in total. The minimum atomic E-state index is -3.43. The molecule has 21 heavy (non-hydrogen) atoms. The van der Waals surface area contributed by atoms with Gasteiger partial charge in [-0.25, -0.2) is 13.4 Å². The predicted molar refractivity (Wildman–Crippen MR) is 81.3 cm³/mol. The van der Waals surface area contributed by atoms with E-state index in [1.165, 1.54) is 0 Å². The van der Waals surface area contributed by atoms with Gasteiger partial charge >= 0.3 is 0 Å². The minimum Gasteiger partial charge on any atom is -0.313 e. The molecule has 116 valence electrons. The van der Waals surface area contributed by atoms with Crippen LogP contribution >= 0.6 is 0 Å². The Morgan fingerprint density at radius 1 is 1.29 bits per heavy atom. The van der Waals surface area contributed by atoms with Gasteiger partial charge in [-0.1, -0.05) is 13.0 Å². The molecule has 3 rings (SSSR count). The molecule has 0 aromatic carbocycles. The van der Waals surface area contributed by atoms with Crippen molar-refractivity contribution in [1.29, 1.82) is 0 Å². The topological polar surface area (TPSA) is 62.3 Å². The zero-order chi connectivity index (χ0) is 14.9. The molecule has 1 heterocycles. The SMILES string of the molecule is CCNCc1ccc(S(=O)(=O)N(CC2CC2)C2CC2)nc1. The summed E-state index contributed by atoms with van der Waals surface area (Å²) in [7, 11) is -3.43. The largest absolute Gasteiger partial charge is 0.313 e. The molecular formula is C15H23N3O2S. The van der Waals surface area contributed by atoms with Gasteiger partial charge in [0.25, 0.3) is 10.0 Å². The van der Waals surface area contributed by atoms with Crippen LogP contribution < -0.4 is 5.32 Å². The fraction of sp³-hybridized carbons (Fsp3) is 0.667. The molecule has 0 radical (unpaired) electrons. The fourth-order valence-corrected chi connectivity index (χ4v) is 4.10. The smallest absolute Gasteiger partial charge is 0.260 e. The van der Waals surface area contributed by atoms with Crippen molar-refractivity contribution in [2.24, 2.45) is 5.92 Å². The Morgan fingerprint density at radius 3 is 2.57 bits per heavy atom. The van der Waals surface area contributed by atoms with Crippen LogP contribution in [0.15, 0.2) is 23.4 Å². The summed E-state index contributed by atoms with van der Waals surface area (Å²) in [6, 6.07) is 3.70. The van der Waals surface area contributed by atoms with Crippen LogP contribution in [0.2, 0.25) is 0 Å². The molecule has 5 nitrogen and oxygen atoms in total. The third kappa shape index (κ3) is 3.62. The van der Waals surface area contributed by atoms with Gasteiger partial charge in [-0.2, -0.15) is 4.31 Å². The molecule has 2 aliphatic rings. The molecule has 1 aromatic heterocycles. The second kappa shape index (κ2) is 6.02. The molecule has 0 atom stereocenters. The van der Waals surface area contributed by atoms with E-state index in [0.717, 1.165) is 44.3 Å². The van der Waals surface area contributed by atoms with Crippen molar-refractivity contribution in [2.45, 2.75) is 50.2 Å². The molecule has 6 heteroatoms. The second-order valence-corrected chi connectivity index (χ2v) is 7.87. The summed E-state index contributed by atoms with van der Waals surface area (Å²) in [5.41, 5.74) is 1.01. The number of pyridine rings is 1. The summed E-state index contributed by atoms with van der Waals surface area (Å²) in [6.07, 6.45) is 5.97. The van der Waals surface area contributed by atoms with Crippen LogP contribution in [0.1, 0.15) is 38.2 Å². The average Bonchev–Trinajstić information content (AvgIpc) is 3.36. The van der Waals surface area contributed by atoms with Gasteiger partial charge in [-0.3, -0.25) is 0 Å². The first kappa shape index (κ1) is 14.9. The number of nitrogens with one attached hydrogen (secondary N) is 1. The van der Waals surface area contributed by atoms with Gasteiger partial charge in [-0.05, 0) is 49.8 Å². The van der Waals surface area contributed by atoms with Crippen LogP contribution in [0.25, 0.3) is 0 Å². The monoisotopic (exact) mass is 309 g/mol. The van der Waals surface area contributed by atoms with E-state index in [0.29, 0.717) is 12.5 Å². The van der Waals surface area contributed by atoms with Crippen molar-refractivity contribution in [3.8, 4) is 0 Å². The van der Waals surface area contributed by atoms with Gasteiger partial charge in [0.1, 0.15) is 0 Å². The molecule has 2 saturated carbocycles. The Bertz CT molecular complexity index is 577. The predicted octanol–water partition coefficient (Wildman–Crippen LogP) is 1.75. The van der Waals surface area contributed by atoms with Crippen molar-refractivity contribution in [3.05, 3.63) is 23.9 Å². The average molecular weight is 309 g/mol. The Kier molecular flexibility index (Phi) is 4.28. The third-order valence-corrected chi connectivity index (χ3v) is 5.87. The maximum Gasteiger partial charge on any atom is 0.260 e. The van der Waals surface area contributed by atoms with Crippen LogP contribution in [-0.4, -0.2) is 36.8 Å². The summed E-state index contributed by atoms with van der Waals surface area (Å²) >= 11 is 0. The van der Waals surface area contributed by atoms with Crippen molar-refractivity contribution >= 4 is 10.0 Å². The molecule has 0 spiro atoms. The highest BCUT2D eigenvalue weighted by Gasteiger charge is 2.41. The highest BCUT2D eigenvalue weighted by atomic mass is 32.2. The van der Waals surface area contributed by atoms with E-state index in [-0.39, 0.29) is 11.1 Å². The third-order valence-electron chi connectivity index (χ3n) is 4.04. The number of nitrogens with zero attached hydrogens (tertiary/aromatic N) is 2. The first-order valence-electron chi connectivity index (χ1n) is 7.78. The van der Waals surface area contributed by atoms with E-state index in [2.05, 4.69) is 10.3 Å². The van der Waals surface area contributed by atoms with Crippen LogP contribution in [0.4, 0.5) is 0 Å². The van der Waals surface area contributed by atoms with Crippen LogP contribution in [-0.2, 0) is 16.6 Å². The van der Waals surface area contributed by atoms with Gasteiger partial charge in [0.05, 0.1) is 0 Å². The maximum atomic E-state index is 12.8. The van der Waals surface area contributed by atoms with Gasteiger partial charge in [0.2, 0.25) is 0 Å². The molecule has 0 saturated heterocycles. The maximum absolute atomic E-state index is 12.8. The quantitative estimate of drug-likeness (QED) is 0.795. The number of hydrogen-bond acceptors (Lipinski definition) is 4. The van der Waals surface area contributed by atoms with E-state index in [4.69, 9.17) is 0 Å². The summed E-state index contributed by atoms with van der Waals surface area (Å²) in [4.78, 5) is 4.19. The van der Waals surface area contributed by atoms with Gasteiger partial charge < -0.3 is 5.32 Å². The standard InChI is InChI=1S/C15H23N3O2S/c1-2-16-9-13-5-8-15(17-10-13)21(19,20)18(14-6-7-14)11-12-3-4-12/h5,8,10,12,14,16H,2-4,6-7,9,11H2,1H3. The van der Waals surface area contributed by atoms with Gasteiger partial charge in [-0.15, -0.1) is 0 Å². The Balaban J connectivity index is 1.75. The van der Waals surface area contributed by atoms with Crippen molar-refractivity contribution in [2.75, 3.05) is 13.1 Å². The highest BCUT2D eigenvalue weighted by Crippen LogP contribution is 2.37. The van der Waals surface area contributed by atoms with E-state index >= 15 is 0 Å². The lowest BCUT2D eigenvalue weighted by Crippen LogP contribution is -2.35. The fourth-order valence-electron chi connectivity index (χ4n) is 2.42. The summed E-state index contributed by atoms with van der Waals surface area (Å²) in [5.74, 6) is 0.563. The molecule has 0 bridgehead atoms. The first-order chi connectivity index (χ1) is 10.1. The van der Waals surface area contributed by atoms with E-state index < -0.39 is 10.0 Å². The molecular weight excluding hydrogens is 286 g/mol. The second-order valence-electron chi connectivity index (χ2n) is 6.03. The molecule has 0 unspecified atom stereocenters. The number of sulfonamides is 1. The van der Waals surface area contributed by atoms with Crippen molar-refractivity contribution < 1.29 is 8.42 Å². The molecule has 2 aliphatic carbocycles. The van der Waals surface area contributed by atoms with Crippen LogP contribution in [0, 0.1) is 5.92 Å². The van der Waals surface area contributed by atoms with E-state index in [1.54, 1.807) is 16.6 Å². The number of aromatic nitrogens is 1. The van der Waals surface area contributed by atoms with Crippen LogP contribution in [0.5, 0.6) is 0 Å². The molecule has 2 fully saturated rings. The number of rotatable bonds is 8. The lowest BCUT2D eigenvalue weighted by molar-refractivity contribution is 0.387. The summed E-state index contributed by atoms with van der Waals surface area (Å²) in [5, 5.41) is 3.40. The Labute approximate surface area is 126 Å². The summed E-state index contributed by atoms with van der Waals surface area (Å²) < 4.78 is 27.2. The molecule has 1 aromatic rings. The number of hydrogen-bond donors (Lipinski definition) is 1. The molecule has 0 amide bonds. The Hall–Kier alpha value is -0.980. The van der Waals surface area contributed by atoms with Crippen molar-refractivity contribution in [3.63, 3.8) is 0 Å².